The number of benzene rings is 1. The van der Waals surface area contributed by atoms with Crippen molar-refractivity contribution in [1.29, 1.82) is 0 Å². The van der Waals surface area contributed by atoms with E-state index in [-0.39, 0.29) is 5.91 Å². The summed E-state index contributed by atoms with van der Waals surface area (Å²) in [5.74, 6) is 0.327. The minimum absolute atomic E-state index is 0.186. The number of carbonyl (C=O) groups is 1. The first-order valence-corrected chi connectivity index (χ1v) is 7.86. The minimum atomic E-state index is -0.186. The standard InChI is InChI=1S/C18H20N4O2/c1-12-5-4-6-15(11-12)17-16(14(3)24-21-17)18(23)19-8-10-22-9-7-13(2)20-22/h4-7,9,11H,8,10H2,1-3H3,(H,19,23). The second-order valence-corrected chi connectivity index (χ2v) is 5.81. The highest BCUT2D eigenvalue weighted by atomic mass is 16.5. The molecular formula is C18H20N4O2. The van der Waals surface area contributed by atoms with Crippen LogP contribution in [0.3, 0.4) is 0 Å². The zero-order chi connectivity index (χ0) is 17.1. The zero-order valence-electron chi connectivity index (χ0n) is 14.0. The summed E-state index contributed by atoms with van der Waals surface area (Å²) in [6.45, 7) is 6.78. The maximum absolute atomic E-state index is 12.6. The molecule has 3 rings (SSSR count). The molecule has 1 N–H and O–H groups in total. The van der Waals surface area contributed by atoms with Gasteiger partial charge in [0.15, 0.2) is 0 Å². The van der Waals surface area contributed by atoms with Crippen LogP contribution in [0, 0.1) is 20.8 Å². The lowest BCUT2D eigenvalue weighted by molar-refractivity contribution is 0.0951. The predicted molar refractivity (Wildman–Crippen MR) is 90.7 cm³/mol. The van der Waals surface area contributed by atoms with Crippen LogP contribution in [-0.2, 0) is 6.54 Å². The summed E-state index contributed by atoms with van der Waals surface area (Å²) in [6.07, 6.45) is 1.89. The highest BCUT2D eigenvalue weighted by Crippen LogP contribution is 2.25. The third kappa shape index (κ3) is 3.37. The van der Waals surface area contributed by atoms with Gasteiger partial charge < -0.3 is 9.84 Å². The number of nitrogens with one attached hydrogen (secondary N) is 1. The van der Waals surface area contributed by atoms with Gasteiger partial charge in [-0.05, 0) is 32.9 Å². The topological polar surface area (TPSA) is 73.0 Å². The monoisotopic (exact) mass is 324 g/mol. The maximum Gasteiger partial charge on any atom is 0.257 e. The fraction of sp³-hybridized carbons (Fsp3) is 0.278. The Hall–Kier alpha value is -2.89. The Morgan fingerprint density at radius 2 is 2.08 bits per heavy atom. The van der Waals surface area contributed by atoms with Crippen LogP contribution in [0.15, 0.2) is 41.1 Å². The van der Waals surface area contributed by atoms with Gasteiger partial charge in [-0.25, -0.2) is 0 Å². The Labute approximate surface area is 140 Å². The number of hydrogen-bond donors (Lipinski definition) is 1. The normalized spacial score (nSPS) is 10.8. The van der Waals surface area contributed by atoms with E-state index in [1.54, 1.807) is 11.6 Å². The quantitative estimate of drug-likeness (QED) is 0.783. The maximum atomic E-state index is 12.6. The van der Waals surface area contributed by atoms with Gasteiger partial charge in [0.25, 0.3) is 5.91 Å². The van der Waals surface area contributed by atoms with E-state index < -0.39 is 0 Å². The third-order valence-corrected chi connectivity index (χ3v) is 3.78. The third-order valence-electron chi connectivity index (χ3n) is 3.78. The molecule has 2 aromatic heterocycles. The highest BCUT2D eigenvalue weighted by molar-refractivity contribution is 6.00. The van der Waals surface area contributed by atoms with E-state index in [1.165, 1.54) is 0 Å². The number of hydrogen-bond acceptors (Lipinski definition) is 4. The van der Waals surface area contributed by atoms with Crippen molar-refractivity contribution in [3.05, 3.63) is 59.1 Å². The molecule has 2 heterocycles. The van der Waals surface area contributed by atoms with Gasteiger partial charge in [-0.2, -0.15) is 5.10 Å². The average Bonchev–Trinajstić information content (AvgIpc) is 3.13. The van der Waals surface area contributed by atoms with Gasteiger partial charge in [0.1, 0.15) is 17.0 Å². The smallest absolute Gasteiger partial charge is 0.257 e. The van der Waals surface area contributed by atoms with Gasteiger partial charge in [-0.1, -0.05) is 28.9 Å². The van der Waals surface area contributed by atoms with E-state index in [0.717, 1.165) is 16.8 Å². The molecule has 124 valence electrons. The number of nitrogens with zero attached hydrogens (tertiary/aromatic N) is 3. The van der Waals surface area contributed by atoms with Crippen molar-refractivity contribution in [1.82, 2.24) is 20.3 Å². The molecule has 0 saturated carbocycles. The molecule has 0 fully saturated rings. The second kappa shape index (κ2) is 6.70. The first-order valence-electron chi connectivity index (χ1n) is 7.86. The van der Waals surface area contributed by atoms with Gasteiger partial charge in [0, 0.05) is 18.3 Å². The molecule has 0 spiro atoms. The largest absolute Gasteiger partial charge is 0.360 e. The first-order chi connectivity index (χ1) is 11.5. The Bertz CT molecular complexity index is 864. The Balaban J connectivity index is 1.74. The van der Waals surface area contributed by atoms with Crippen LogP contribution < -0.4 is 5.32 Å². The highest BCUT2D eigenvalue weighted by Gasteiger charge is 2.21. The molecule has 0 saturated heterocycles. The first kappa shape index (κ1) is 16.0. The lowest BCUT2D eigenvalue weighted by Crippen LogP contribution is -2.28. The van der Waals surface area contributed by atoms with Crippen molar-refractivity contribution in [2.24, 2.45) is 0 Å². The molecule has 1 amide bonds. The van der Waals surface area contributed by atoms with Crippen molar-refractivity contribution in [2.75, 3.05) is 6.54 Å². The summed E-state index contributed by atoms with van der Waals surface area (Å²) >= 11 is 0. The molecule has 0 aliphatic heterocycles. The second-order valence-electron chi connectivity index (χ2n) is 5.81. The number of aryl methyl sites for hydroxylation is 3. The molecule has 1 aromatic carbocycles. The number of carbonyl (C=O) groups excluding carboxylic acids is 1. The Morgan fingerprint density at radius 1 is 1.25 bits per heavy atom. The van der Waals surface area contributed by atoms with E-state index in [2.05, 4.69) is 15.6 Å². The van der Waals surface area contributed by atoms with Crippen LogP contribution in [0.25, 0.3) is 11.3 Å². The molecule has 0 bridgehead atoms. The van der Waals surface area contributed by atoms with E-state index in [4.69, 9.17) is 4.52 Å². The van der Waals surface area contributed by atoms with E-state index in [1.807, 2.05) is 50.4 Å². The molecule has 6 nitrogen and oxygen atoms in total. The fourth-order valence-electron chi connectivity index (χ4n) is 2.59. The molecule has 0 atom stereocenters. The number of amides is 1. The van der Waals surface area contributed by atoms with Gasteiger partial charge in [-0.3, -0.25) is 9.48 Å². The number of rotatable bonds is 5. The molecule has 6 heteroatoms. The molecule has 0 radical (unpaired) electrons. The van der Waals surface area contributed by atoms with Crippen LogP contribution in [0.2, 0.25) is 0 Å². The molecule has 3 aromatic rings. The van der Waals surface area contributed by atoms with Crippen LogP contribution in [0.1, 0.15) is 27.4 Å². The molecule has 24 heavy (non-hydrogen) atoms. The summed E-state index contributed by atoms with van der Waals surface area (Å²) in [6, 6.07) is 9.79. The van der Waals surface area contributed by atoms with Crippen LogP contribution in [0.5, 0.6) is 0 Å². The fourth-order valence-corrected chi connectivity index (χ4v) is 2.59. The lowest BCUT2D eigenvalue weighted by Gasteiger charge is -2.06. The van der Waals surface area contributed by atoms with Crippen molar-refractivity contribution >= 4 is 5.91 Å². The van der Waals surface area contributed by atoms with E-state index in [0.29, 0.717) is 30.1 Å². The van der Waals surface area contributed by atoms with Gasteiger partial charge in [0.2, 0.25) is 0 Å². The van der Waals surface area contributed by atoms with Crippen molar-refractivity contribution < 1.29 is 9.32 Å². The minimum Gasteiger partial charge on any atom is -0.360 e. The van der Waals surface area contributed by atoms with E-state index in [9.17, 15) is 4.79 Å². The van der Waals surface area contributed by atoms with E-state index >= 15 is 0 Å². The summed E-state index contributed by atoms with van der Waals surface area (Å²) in [7, 11) is 0. The van der Waals surface area contributed by atoms with Gasteiger partial charge in [0.05, 0.1) is 12.2 Å². The molecule has 0 unspecified atom stereocenters. The predicted octanol–water partition coefficient (Wildman–Crippen LogP) is 2.89. The summed E-state index contributed by atoms with van der Waals surface area (Å²) in [5.41, 5.74) is 3.99. The Kier molecular flexibility index (Phi) is 4.46. The average molecular weight is 324 g/mol. The summed E-state index contributed by atoms with van der Waals surface area (Å²) < 4.78 is 7.05. The van der Waals surface area contributed by atoms with Crippen LogP contribution >= 0.6 is 0 Å². The molecular weight excluding hydrogens is 304 g/mol. The zero-order valence-corrected chi connectivity index (χ0v) is 14.0. The Morgan fingerprint density at radius 3 is 2.79 bits per heavy atom. The van der Waals surface area contributed by atoms with Crippen molar-refractivity contribution in [3.63, 3.8) is 0 Å². The van der Waals surface area contributed by atoms with Crippen molar-refractivity contribution in [3.8, 4) is 11.3 Å². The number of aromatic nitrogens is 3. The lowest BCUT2D eigenvalue weighted by atomic mass is 10.0. The van der Waals surface area contributed by atoms with Crippen molar-refractivity contribution in [2.45, 2.75) is 27.3 Å². The molecule has 0 aliphatic carbocycles. The van der Waals surface area contributed by atoms with Crippen LogP contribution in [-0.4, -0.2) is 27.4 Å². The van der Waals surface area contributed by atoms with Gasteiger partial charge in [-0.15, -0.1) is 0 Å². The van der Waals surface area contributed by atoms with Crippen LogP contribution in [0.4, 0.5) is 0 Å². The molecule has 0 aliphatic rings. The summed E-state index contributed by atoms with van der Waals surface area (Å²) in [4.78, 5) is 12.6. The van der Waals surface area contributed by atoms with Gasteiger partial charge >= 0.3 is 0 Å². The SMILES string of the molecule is Cc1cccc(-c2noc(C)c2C(=O)NCCn2ccc(C)n2)c1. The summed E-state index contributed by atoms with van der Waals surface area (Å²) in [5, 5.41) is 11.3.